The van der Waals surface area contributed by atoms with Crippen LogP contribution in [0.2, 0.25) is 0 Å². The lowest BCUT2D eigenvalue weighted by Crippen LogP contribution is -2.09. The number of halogens is 2. The molecule has 0 aromatic heterocycles. The second kappa shape index (κ2) is 6.01. The van der Waals surface area contributed by atoms with Crippen LogP contribution in [-0.2, 0) is 0 Å². The summed E-state index contributed by atoms with van der Waals surface area (Å²) in [6.45, 7) is 2.08. The summed E-state index contributed by atoms with van der Waals surface area (Å²) in [5.41, 5.74) is 2.01. The van der Waals surface area contributed by atoms with Crippen LogP contribution < -0.4 is 5.32 Å². The molecule has 3 heteroatoms. The van der Waals surface area contributed by atoms with Crippen LogP contribution in [0.25, 0.3) is 0 Å². The van der Waals surface area contributed by atoms with Gasteiger partial charge in [0.05, 0.1) is 6.04 Å². The Morgan fingerprint density at radius 2 is 1.89 bits per heavy atom. The summed E-state index contributed by atoms with van der Waals surface area (Å²) in [6.07, 6.45) is 0.902. The minimum absolute atomic E-state index is 0.127. The molecule has 0 radical (unpaired) electrons. The van der Waals surface area contributed by atoms with Crippen LogP contribution in [0.15, 0.2) is 53.0 Å². The van der Waals surface area contributed by atoms with E-state index in [0.717, 1.165) is 22.1 Å². The Kier molecular flexibility index (Phi) is 4.37. The van der Waals surface area contributed by atoms with Gasteiger partial charge in [0.2, 0.25) is 0 Å². The van der Waals surface area contributed by atoms with Gasteiger partial charge in [-0.25, -0.2) is 4.39 Å². The van der Waals surface area contributed by atoms with E-state index in [9.17, 15) is 4.39 Å². The average Bonchev–Trinajstić information content (AvgIpc) is 2.38. The van der Waals surface area contributed by atoms with Crippen molar-refractivity contribution in [2.75, 3.05) is 5.32 Å². The standard InChI is InChI=1S/C15H15BrFN/c1-2-15(11-4-3-5-13(17)10-11)18-14-8-6-12(16)7-9-14/h3-10,15,18H,2H2,1H3. The fourth-order valence-corrected chi connectivity index (χ4v) is 2.16. The predicted molar refractivity (Wildman–Crippen MR) is 77.2 cm³/mol. The summed E-state index contributed by atoms with van der Waals surface area (Å²) >= 11 is 3.41. The maximum atomic E-state index is 13.2. The van der Waals surface area contributed by atoms with E-state index < -0.39 is 0 Å². The van der Waals surface area contributed by atoms with Crippen molar-refractivity contribution in [3.63, 3.8) is 0 Å². The van der Waals surface area contributed by atoms with Crippen LogP contribution in [-0.4, -0.2) is 0 Å². The molecule has 2 aromatic rings. The number of rotatable bonds is 4. The van der Waals surface area contributed by atoms with Crippen LogP contribution in [0, 0.1) is 5.82 Å². The van der Waals surface area contributed by atoms with E-state index >= 15 is 0 Å². The summed E-state index contributed by atoms with van der Waals surface area (Å²) < 4.78 is 14.3. The first kappa shape index (κ1) is 13.1. The van der Waals surface area contributed by atoms with E-state index in [4.69, 9.17) is 0 Å². The molecule has 0 aliphatic carbocycles. The van der Waals surface area contributed by atoms with E-state index in [2.05, 4.69) is 28.2 Å². The molecule has 0 saturated heterocycles. The van der Waals surface area contributed by atoms with Gasteiger partial charge in [-0.05, 0) is 48.4 Å². The third-order valence-corrected chi connectivity index (χ3v) is 3.37. The molecule has 94 valence electrons. The van der Waals surface area contributed by atoms with Gasteiger partial charge in [0.25, 0.3) is 0 Å². The van der Waals surface area contributed by atoms with Gasteiger partial charge in [0.15, 0.2) is 0 Å². The minimum Gasteiger partial charge on any atom is -0.378 e. The zero-order valence-corrected chi connectivity index (χ0v) is 11.7. The molecule has 0 spiro atoms. The fourth-order valence-electron chi connectivity index (χ4n) is 1.89. The Bertz CT molecular complexity index is 510. The van der Waals surface area contributed by atoms with Crippen LogP contribution in [0.4, 0.5) is 10.1 Å². The summed E-state index contributed by atoms with van der Waals surface area (Å²) in [7, 11) is 0. The molecule has 0 amide bonds. The van der Waals surface area contributed by atoms with Gasteiger partial charge < -0.3 is 5.32 Å². The molecule has 18 heavy (non-hydrogen) atoms. The normalized spacial score (nSPS) is 12.2. The largest absolute Gasteiger partial charge is 0.378 e. The number of benzene rings is 2. The first-order chi connectivity index (χ1) is 8.69. The molecule has 0 heterocycles. The molecule has 0 aliphatic rings. The Labute approximate surface area is 115 Å². The fraction of sp³-hybridized carbons (Fsp3) is 0.200. The van der Waals surface area contributed by atoms with Gasteiger partial charge in [0.1, 0.15) is 5.82 Å². The number of anilines is 1. The van der Waals surface area contributed by atoms with Gasteiger partial charge >= 0.3 is 0 Å². The van der Waals surface area contributed by atoms with Crippen molar-refractivity contribution in [3.05, 3.63) is 64.4 Å². The van der Waals surface area contributed by atoms with E-state index in [0.29, 0.717) is 0 Å². The SMILES string of the molecule is CCC(Nc1ccc(Br)cc1)c1cccc(F)c1. The molecule has 0 saturated carbocycles. The Morgan fingerprint density at radius 3 is 2.50 bits per heavy atom. The van der Waals surface area contributed by atoms with Gasteiger partial charge in [-0.3, -0.25) is 0 Å². The lowest BCUT2D eigenvalue weighted by Gasteiger charge is -2.19. The smallest absolute Gasteiger partial charge is 0.123 e. The van der Waals surface area contributed by atoms with Crippen LogP contribution in [0.1, 0.15) is 24.9 Å². The molecule has 0 aliphatic heterocycles. The highest BCUT2D eigenvalue weighted by Gasteiger charge is 2.09. The molecule has 1 atom stereocenters. The molecule has 1 nitrogen and oxygen atoms in total. The number of hydrogen-bond donors (Lipinski definition) is 1. The zero-order valence-electron chi connectivity index (χ0n) is 10.2. The topological polar surface area (TPSA) is 12.0 Å². The van der Waals surface area contributed by atoms with Crippen molar-refractivity contribution >= 4 is 21.6 Å². The first-order valence-corrected chi connectivity index (χ1v) is 6.76. The third-order valence-electron chi connectivity index (χ3n) is 2.84. The number of hydrogen-bond acceptors (Lipinski definition) is 1. The van der Waals surface area contributed by atoms with Crippen molar-refractivity contribution in [1.82, 2.24) is 0 Å². The third kappa shape index (κ3) is 3.33. The summed E-state index contributed by atoms with van der Waals surface area (Å²) in [4.78, 5) is 0. The average molecular weight is 308 g/mol. The van der Waals surface area contributed by atoms with Crippen molar-refractivity contribution in [2.24, 2.45) is 0 Å². The minimum atomic E-state index is -0.191. The highest BCUT2D eigenvalue weighted by Crippen LogP contribution is 2.24. The molecular weight excluding hydrogens is 293 g/mol. The lowest BCUT2D eigenvalue weighted by molar-refractivity contribution is 0.621. The van der Waals surface area contributed by atoms with Crippen LogP contribution in [0.3, 0.4) is 0 Å². The van der Waals surface area contributed by atoms with E-state index in [1.54, 1.807) is 12.1 Å². The maximum absolute atomic E-state index is 13.2. The first-order valence-electron chi connectivity index (χ1n) is 5.96. The molecule has 0 fully saturated rings. The molecule has 2 aromatic carbocycles. The molecular formula is C15H15BrFN. The Morgan fingerprint density at radius 1 is 1.17 bits per heavy atom. The highest BCUT2D eigenvalue weighted by molar-refractivity contribution is 9.10. The maximum Gasteiger partial charge on any atom is 0.123 e. The van der Waals surface area contributed by atoms with Crippen molar-refractivity contribution in [2.45, 2.75) is 19.4 Å². The summed E-state index contributed by atoms with van der Waals surface area (Å²) in [6, 6.07) is 14.9. The summed E-state index contributed by atoms with van der Waals surface area (Å²) in [5.74, 6) is -0.191. The second-order valence-corrected chi connectivity index (χ2v) is 5.08. The monoisotopic (exact) mass is 307 g/mol. The van der Waals surface area contributed by atoms with Crippen molar-refractivity contribution < 1.29 is 4.39 Å². The molecule has 1 N–H and O–H groups in total. The van der Waals surface area contributed by atoms with Gasteiger partial charge in [0, 0.05) is 10.2 Å². The lowest BCUT2D eigenvalue weighted by atomic mass is 10.0. The predicted octanol–water partition coefficient (Wildman–Crippen LogP) is 5.15. The van der Waals surface area contributed by atoms with E-state index in [1.165, 1.54) is 6.07 Å². The van der Waals surface area contributed by atoms with Gasteiger partial charge in [-0.1, -0.05) is 35.0 Å². The van der Waals surface area contributed by atoms with Crippen LogP contribution >= 0.6 is 15.9 Å². The van der Waals surface area contributed by atoms with Gasteiger partial charge in [-0.2, -0.15) is 0 Å². The van der Waals surface area contributed by atoms with Gasteiger partial charge in [-0.15, -0.1) is 0 Å². The zero-order chi connectivity index (χ0) is 13.0. The highest BCUT2D eigenvalue weighted by atomic mass is 79.9. The Balaban J connectivity index is 2.17. The van der Waals surface area contributed by atoms with Crippen LogP contribution in [0.5, 0.6) is 0 Å². The molecule has 0 bridgehead atoms. The molecule has 1 unspecified atom stereocenters. The summed E-state index contributed by atoms with van der Waals surface area (Å²) in [5, 5.41) is 3.41. The second-order valence-electron chi connectivity index (χ2n) is 4.17. The Hall–Kier alpha value is -1.35. The number of nitrogens with one attached hydrogen (secondary N) is 1. The van der Waals surface area contributed by atoms with Crippen molar-refractivity contribution in [1.29, 1.82) is 0 Å². The van der Waals surface area contributed by atoms with E-state index in [1.807, 2.05) is 30.3 Å². The van der Waals surface area contributed by atoms with E-state index in [-0.39, 0.29) is 11.9 Å². The quantitative estimate of drug-likeness (QED) is 0.823. The van der Waals surface area contributed by atoms with Crippen molar-refractivity contribution in [3.8, 4) is 0 Å². The molecule has 2 rings (SSSR count).